The zero-order chi connectivity index (χ0) is 20.6. The van der Waals surface area contributed by atoms with Crippen LogP contribution in [0.5, 0.6) is 5.75 Å². The maximum atomic E-state index is 12.1. The van der Waals surface area contributed by atoms with Gasteiger partial charge in [0.15, 0.2) is 0 Å². The van der Waals surface area contributed by atoms with E-state index in [1.165, 1.54) is 29.6 Å². The third kappa shape index (κ3) is 5.69. The Morgan fingerprint density at radius 3 is 2.66 bits per heavy atom. The van der Waals surface area contributed by atoms with E-state index in [1.54, 1.807) is 25.3 Å². The number of aromatic nitrogens is 2. The van der Waals surface area contributed by atoms with Crippen LogP contribution < -0.4 is 10.1 Å². The normalized spacial score (nSPS) is 10.8. The van der Waals surface area contributed by atoms with Crippen molar-refractivity contribution < 1.29 is 14.5 Å². The van der Waals surface area contributed by atoms with E-state index in [4.69, 9.17) is 4.74 Å². The number of aryl methyl sites for hydroxylation is 2. The standard InChI is InChI=1S/C20H18N4O4S/c1-28-16-10-6-14(7-11-16)8-13-19-22-23-20(29-19)21-18(25)12-9-15-4-2-3-5-17(15)24(26)27/h2-7,9-12H,8,13H2,1H3,(H,21,23,25)/b12-9+. The van der Waals surface area contributed by atoms with Gasteiger partial charge in [-0.15, -0.1) is 10.2 Å². The lowest BCUT2D eigenvalue weighted by Crippen LogP contribution is -2.07. The van der Waals surface area contributed by atoms with Gasteiger partial charge in [-0.2, -0.15) is 0 Å². The summed E-state index contributed by atoms with van der Waals surface area (Å²) in [6, 6.07) is 14.0. The second-order valence-electron chi connectivity index (χ2n) is 5.99. The van der Waals surface area contributed by atoms with Crippen LogP contribution in [0.2, 0.25) is 0 Å². The second kappa shape index (κ2) is 9.56. The fourth-order valence-corrected chi connectivity index (χ4v) is 3.30. The lowest BCUT2D eigenvalue weighted by atomic mass is 10.1. The molecule has 0 aliphatic heterocycles. The summed E-state index contributed by atoms with van der Waals surface area (Å²) < 4.78 is 5.14. The van der Waals surface area contributed by atoms with Crippen molar-refractivity contribution in [2.45, 2.75) is 12.8 Å². The van der Waals surface area contributed by atoms with Crippen molar-refractivity contribution in [2.24, 2.45) is 0 Å². The van der Waals surface area contributed by atoms with E-state index in [2.05, 4.69) is 15.5 Å². The van der Waals surface area contributed by atoms with Crippen molar-refractivity contribution >= 4 is 34.1 Å². The summed E-state index contributed by atoms with van der Waals surface area (Å²) in [7, 11) is 1.63. The number of amides is 1. The highest BCUT2D eigenvalue weighted by Crippen LogP contribution is 2.20. The third-order valence-electron chi connectivity index (χ3n) is 4.03. The number of nitrogens with zero attached hydrogens (tertiary/aromatic N) is 3. The predicted octanol–water partition coefficient (Wildman–Crippen LogP) is 3.89. The number of nitro benzene ring substituents is 1. The molecular weight excluding hydrogens is 392 g/mol. The van der Waals surface area contributed by atoms with Crippen LogP contribution in [0.4, 0.5) is 10.8 Å². The van der Waals surface area contributed by atoms with Crippen LogP contribution in [0.25, 0.3) is 6.08 Å². The van der Waals surface area contributed by atoms with Crippen molar-refractivity contribution in [2.75, 3.05) is 12.4 Å². The Hall–Kier alpha value is -3.59. The smallest absolute Gasteiger partial charge is 0.276 e. The Morgan fingerprint density at radius 2 is 1.93 bits per heavy atom. The van der Waals surface area contributed by atoms with Crippen LogP contribution in [0, 0.1) is 10.1 Å². The maximum Gasteiger partial charge on any atom is 0.276 e. The van der Waals surface area contributed by atoms with Gasteiger partial charge < -0.3 is 4.74 Å². The molecule has 3 aromatic rings. The molecule has 0 aliphatic rings. The molecule has 0 saturated heterocycles. The first-order valence-electron chi connectivity index (χ1n) is 8.73. The first kappa shape index (κ1) is 20.2. The minimum absolute atomic E-state index is 0.0618. The van der Waals surface area contributed by atoms with Crippen molar-refractivity contribution in [3.8, 4) is 5.75 Å². The van der Waals surface area contributed by atoms with Crippen LogP contribution >= 0.6 is 11.3 Å². The largest absolute Gasteiger partial charge is 0.497 e. The number of ether oxygens (including phenoxy) is 1. The third-order valence-corrected chi connectivity index (χ3v) is 4.93. The first-order valence-corrected chi connectivity index (χ1v) is 9.54. The van der Waals surface area contributed by atoms with Gasteiger partial charge in [0.1, 0.15) is 10.8 Å². The van der Waals surface area contributed by atoms with Gasteiger partial charge >= 0.3 is 0 Å². The average molecular weight is 410 g/mol. The Labute approximate surface area is 171 Å². The number of methoxy groups -OCH3 is 1. The summed E-state index contributed by atoms with van der Waals surface area (Å²) in [4.78, 5) is 22.6. The van der Waals surface area contributed by atoms with Crippen molar-refractivity contribution in [3.05, 3.63) is 80.9 Å². The molecule has 2 aromatic carbocycles. The first-order chi connectivity index (χ1) is 14.0. The molecule has 0 unspecified atom stereocenters. The topological polar surface area (TPSA) is 107 Å². The molecule has 0 saturated carbocycles. The van der Waals surface area contributed by atoms with Gasteiger partial charge in [0, 0.05) is 18.6 Å². The van der Waals surface area contributed by atoms with E-state index >= 15 is 0 Å². The molecule has 8 nitrogen and oxygen atoms in total. The number of hydrogen-bond acceptors (Lipinski definition) is 7. The number of benzene rings is 2. The molecule has 9 heteroatoms. The monoisotopic (exact) mass is 410 g/mol. The number of carbonyl (C=O) groups is 1. The molecule has 0 radical (unpaired) electrons. The van der Waals surface area contributed by atoms with E-state index in [1.807, 2.05) is 24.3 Å². The highest BCUT2D eigenvalue weighted by molar-refractivity contribution is 7.15. The molecule has 1 amide bonds. The van der Waals surface area contributed by atoms with Gasteiger partial charge in [-0.05, 0) is 36.3 Å². The Kier molecular flexibility index (Phi) is 6.64. The van der Waals surface area contributed by atoms with Crippen LogP contribution in [0.15, 0.2) is 54.6 Å². The molecule has 3 rings (SSSR count). The molecule has 29 heavy (non-hydrogen) atoms. The molecule has 0 spiro atoms. The summed E-state index contributed by atoms with van der Waals surface area (Å²) in [5, 5.41) is 22.9. The molecule has 0 fully saturated rings. The molecule has 1 heterocycles. The number of anilines is 1. The van der Waals surface area contributed by atoms with Crippen LogP contribution in [0.3, 0.4) is 0 Å². The minimum atomic E-state index is -0.489. The van der Waals surface area contributed by atoms with Gasteiger partial charge in [0.05, 0.1) is 17.6 Å². The molecular formula is C20H18N4O4S. The lowest BCUT2D eigenvalue weighted by Gasteiger charge is -2.01. The quantitative estimate of drug-likeness (QED) is 0.343. The van der Waals surface area contributed by atoms with Gasteiger partial charge in [-0.3, -0.25) is 20.2 Å². The van der Waals surface area contributed by atoms with Gasteiger partial charge in [-0.25, -0.2) is 0 Å². The van der Waals surface area contributed by atoms with Crippen molar-refractivity contribution in [3.63, 3.8) is 0 Å². The number of rotatable bonds is 8. The number of para-hydroxylation sites is 1. The second-order valence-corrected chi connectivity index (χ2v) is 7.05. The SMILES string of the molecule is COc1ccc(CCc2nnc(NC(=O)/C=C/c3ccccc3[N+](=O)[O-])s2)cc1. The van der Waals surface area contributed by atoms with Crippen LogP contribution in [0.1, 0.15) is 16.1 Å². The summed E-state index contributed by atoms with van der Waals surface area (Å²) in [6.07, 6.45) is 4.13. The molecule has 148 valence electrons. The fourth-order valence-electron chi connectivity index (χ4n) is 2.56. The predicted molar refractivity (Wildman–Crippen MR) is 111 cm³/mol. The summed E-state index contributed by atoms with van der Waals surface area (Å²) >= 11 is 1.30. The van der Waals surface area contributed by atoms with E-state index < -0.39 is 10.8 Å². The zero-order valence-electron chi connectivity index (χ0n) is 15.6. The van der Waals surface area contributed by atoms with Gasteiger partial charge in [0.25, 0.3) is 5.69 Å². The maximum absolute atomic E-state index is 12.1. The minimum Gasteiger partial charge on any atom is -0.497 e. The van der Waals surface area contributed by atoms with E-state index in [0.717, 1.165) is 22.7 Å². The molecule has 1 aromatic heterocycles. The fraction of sp³-hybridized carbons (Fsp3) is 0.150. The summed E-state index contributed by atoms with van der Waals surface area (Å²) in [5.74, 6) is 0.379. The Balaban J connectivity index is 1.55. The zero-order valence-corrected chi connectivity index (χ0v) is 16.4. The van der Waals surface area contributed by atoms with Crippen molar-refractivity contribution in [1.82, 2.24) is 10.2 Å². The van der Waals surface area contributed by atoms with Crippen molar-refractivity contribution in [1.29, 1.82) is 0 Å². The Morgan fingerprint density at radius 1 is 1.17 bits per heavy atom. The highest BCUT2D eigenvalue weighted by atomic mass is 32.1. The van der Waals surface area contributed by atoms with E-state index in [0.29, 0.717) is 17.1 Å². The number of carbonyl (C=O) groups excluding carboxylic acids is 1. The highest BCUT2D eigenvalue weighted by Gasteiger charge is 2.11. The summed E-state index contributed by atoms with van der Waals surface area (Å²) in [5.41, 5.74) is 1.44. The van der Waals surface area contributed by atoms with E-state index in [-0.39, 0.29) is 5.69 Å². The average Bonchev–Trinajstić information content (AvgIpc) is 3.18. The number of nitro groups is 1. The van der Waals surface area contributed by atoms with E-state index in [9.17, 15) is 14.9 Å². The number of hydrogen-bond donors (Lipinski definition) is 1. The molecule has 0 bridgehead atoms. The summed E-state index contributed by atoms with van der Waals surface area (Å²) in [6.45, 7) is 0. The van der Waals surface area contributed by atoms with Crippen LogP contribution in [-0.4, -0.2) is 28.1 Å². The molecule has 1 N–H and O–H groups in total. The Bertz CT molecular complexity index is 1030. The lowest BCUT2D eigenvalue weighted by molar-refractivity contribution is -0.385. The number of nitrogens with one attached hydrogen (secondary N) is 1. The van der Waals surface area contributed by atoms with Crippen LogP contribution in [-0.2, 0) is 17.6 Å². The molecule has 0 atom stereocenters. The van der Waals surface area contributed by atoms with Gasteiger partial charge in [-0.1, -0.05) is 35.6 Å². The molecule has 0 aliphatic carbocycles. The van der Waals surface area contributed by atoms with Gasteiger partial charge in [0.2, 0.25) is 11.0 Å².